The smallest absolute Gasteiger partial charge is 0.407 e. The number of likely N-dealkylation sites (tertiary alicyclic amines) is 1. The van der Waals surface area contributed by atoms with Gasteiger partial charge in [-0.1, -0.05) is 41.9 Å². The lowest BCUT2D eigenvalue weighted by atomic mass is 9.95. The highest BCUT2D eigenvalue weighted by Gasteiger charge is 2.51. The lowest BCUT2D eigenvalue weighted by Crippen LogP contribution is -2.54. The van der Waals surface area contributed by atoms with E-state index in [-0.39, 0.29) is 23.9 Å². The summed E-state index contributed by atoms with van der Waals surface area (Å²) in [5.74, 6) is 1.09. The number of halogens is 1. The molecule has 2 fully saturated rings. The van der Waals surface area contributed by atoms with Crippen molar-refractivity contribution in [2.75, 3.05) is 7.11 Å². The topological polar surface area (TPSA) is 87.3 Å². The van der Waals surface area contributed by atoms with Gasteiger partial charge in [-0.15, -0.1) is 0 Å². The number of carbonyl (C=O) groups excluding carboxylic acids is 2. The molecule has 1 aromatic carbocycles. The predicted molar refractivity (Wildman–Crippen MR) is 117 cm³/mol. The van der Waals surface area contributed by atoms with E-state index in [0.29, 0.717) is 5.92 Å². The highest BCUT2D eigenvalue weighted by Crippen LogP contribution is 2.50. The van der Waals surface area contributed by atoms with Crippen molar-refractivity contribution in [2.24, 2.45) is 11.8 Å². The Hall–Kier alpha value is -2.35. The van der Waals surface area contributed by atoms with Gasteiger partial charge >= 0.3 is 6.09 Å². The maximum atomic E-state index is 13.5. The van der Waals surface area contributed by atoms with Crippen LogP contribution in [0.25, 0.3) is 11.3 Å². The van der Waals surface area contributed by atoms with Gasteiger partial charge in [0.2, 0.25) is 5.91 Å². The molecule has 1 aliphatic carbocycles. The van der Waals surface area contributed by atoms with Gasteiger partial charge in [0, 0.05) is 10.5 Å². The molecule has 3 unspecified atom stereocenters. The van der Waals surface area contributed by atoms with Crippen LogP contribution in [0.3, 0.4) is 0 Å². The number of hydrogen-bond donors (Lipinski definition) is 2. The third kappa shape index (κ3) is 3.85. The van der Waals surface area contributed by atoms with Crippen LogP contribution in [-0.2, 0) is 9.53 Å². The maximum Gasteiger partial charge on any atom is 0.407 e. The summed E-state index contributed by atoms with van der Waals surface area (Å²) in [4.78, 5) is 35.4. The standard InChI is InChI=1S/C22H27BrN4O3/c1-12(2)18(26-22(29)30-3)21(28)27-16-9-6-14(10-16)19(27)20-24-11-17(25-20)13-4-7-15(23)8-5-13/h4-5,7-8,11-12,14,16,18-19H,6,9-10H2,1-3H3,(H,24,25)(H,26,29)/t14?,16?,18-,19?/m0/s1. The van der Waals surface area contributed by atoms with Gasteiger partial charge in [0.15, 0.2) is 0 Å². The first kappa shape index (κ1) is 20.9. The number of methoxy groups -OCH3 is 1. The van der Waals surface area contributed by atoms with Crippen molar-refractivity contribution >= 4 is 27.9 Å². The van der Waals surface area contributed by atoms with E-state index in [1.807, 2.05) is 49.2 Å². The lowest BCUT2D eigenvalue weighted by Gasteiger charge is -2.37. The highest BCUT2D eigenvalue weighted by molar-refractivity contribution is 9.10. The van der Waals surface area contributed by atoms with Crippen LogP contribution in [0.5, 0.6) is 0 Å². The van der Waals surface area contributed by atoms with Gasteiger partial charge in [-0.2, -0.15) is 0 Å². The number of piperidine rings is 1. The molecule has 8 heteroatoms. The van der Waals surface area contributed by atoms with Crippen molar-refractivity contribution in [2.45, 2.75) is 51.2 Å². The minimum Gasteiger partial charge on any atom is -0.453 e. The zero-order valence-electron chi connectivity index (χ0n) is 17.4. The Morgan fingerprint density at radius 2 is 2.00 bits per heavy atom. The number of benzene rings is 1. The molecule has 2 bridgehead atoms. The molecule has 2 aliphatic rings. The molecule has 2 aromatic rings. The number of imidazole rings is 1. The van der Waals surface area contributed by atoms with Gasteiger partial charge in [-0.05, 0) is 48.8 Å². The molecule has 2 heterocycles. The predicted octanol–water partition coefficient (Wildman–Crippen LogP) is 4.27. The summed E-state index contributed by atoms with van der Waals surface area (Å²) in [6.45, 7) is 3.86. The summed E-state index contributed by atoms with van der Waals surface area (Å²) in [6.07, 6.45) is 4.31. The molecule has 1 aliphatic heterocycles. The number of nitrogens with one attached hydrogen (secondary N) is 2. The van der Waals surface area contributed by atoms with E-state index >= 15 is 0 Å². The molecule has 4 atom stereocenters. The van der Waals surface area contributed by atoms with E-state index in [9.17, 15) is 9.59 Å². The monoisotopic (exact) mass is 474 g/mol. The quantitative estimate of drug-likeness (QED) is 0.676. The molecule has 30 heavy (non-hydrogen) atoms. The van der Waals surface area contributed by atoms with Gasteiger partial charge in [-0.25, -0.2) is 9.78 Å². The number of hydrogen-bond acceptors (Lipinski definition) is 4. The zero-order valence-corrected chi connectivity index (χ0v) is 19.0. The first-order chi connectivity index (χ1) is 14.4. The number of aromatic nitrogens is 2. The Morgan fingerprint density at radius 1 is 1.27 bits per heavy atom. The van der Waals surface area contributed by atoms with Crippen molar-refractivity contribution in [1.82, 2.24) is 20.2 Å². The normalized spacial score (nSPS) is 23.6. The van der Waals surface area contributed by atoms with Crippen LogP contribution in [-0.4, -0.2) is 46.1 Å². The van der Waals surface area contributed by atoms with Crippen LogP contribution in [0.1, 0.15) is 45.0 Å². The van der Waals surface area contributed by atoms with Crippen LogP contribution in [0, 0.1) is 11.8 Å². The zero-order chi connectivity index (χ0) is 21.4. The fraction of sp³-hybridized carbons (Fsp3) is 0.500. The second kappa shape index (κ2) is 8.41. The largest absolute Gasteiger partial charge is 0.453 e. The van der Waals surface area contributed by atoms with Crippen LogP contribution >= 0.6 is 15.9 Å². The first-order valence-electron chi connectivity index (χ1n) is 10.4. The lowest BCUT2D eigenvalue weighted by molar-refractivity contribution is -0.139. The van der Waals surface area contributed by atoms with Gasteiger partial charge in [0.05, 0.1) is 25.0 Å². The molecule has 2 N–H and O–H groups in total. The van der Waals surface area contributed by atoms with Gasteiger partial charge in [-0.3, -0.25) is 4.79 Å². The number of rotatable bonds is 5. The third-order valence-electron chi connectivity index (χ3n) is 6.26. The van der Waals surface area contributed by atoms with Crippen molar-refractivity contribution < 1.29 is 14.3 Å². The van der Waals surface area contributed by atoms with E-state index in [1.54, 1.807) is 0 Å². The minimum atomic E-state index is -0.625. The van der Waals surface area contributed by atoms with Crippen molar-refractivity contribution in [3.8, 4) is 11.3 Å². The molecule has 2 amide bonds. The van der Waals surface area contributed by atoms with Crippen molar-refractivity contribution in [3.63, 3.8) is 0 Å². The molecule has 4 rings (SSSR count). The number of aromatic amines is 1. The SMILES string of the molecule is COC(=O)N[C@H](C(=O)N1C2CCC(C2)C1c1ncc(-c2ccc(Br)cc2)[nH]1)C(C)C. The van der Waals surface area contributed by atoms with Crippen LogP contribution in [0.15, 0.2) is 34.9 Å². The van der Waals surface area contributed by atoms with Crippen molar-refractivity contribution in [3.05, 3.63) is 40.8 Å². The molecule has 0 radical (unpaired) electrons. The second-order valence-corrected chi connectivity index (χ2v) is 9.38. The van der Waals surface area contributed by atoms with Gasteiger partial charge in [0.25, 0.3) is 0 Å². The summed E-state index contributed by atoms with van der Waals surface area (Å²) in [5, 5.41) is 2.72. The Balaban J connectivity index is 1.61. The van der Waals surface area contributed by atoms with Gasteiger partial charge in [0.1, 0.15) is 11.9 Å². The molecule has 0 spiro atoms. The number of fused-ring (bicyclic) bond motifs is 2. The molecular weight excluding hydrogens is 448 g/mol. The van der Waals surface area contributed by atoms with E-state index in [0.717, 1.165) is 40.8 Å². The number of carbonyl (C=O) groups is 2. The second-order valence-electron chi connectivity index (χ2n) is 8.46. The average molecular weight is 475 g/mol. The number of alkyl carbamates (subject to hydrolysis) is 1. The fourth-order valence-corrected chi connectivity index (χ4v) is 5.04. The number of nitrogens with zero attached hydrogens (tertiary/aromatic N) is 2. The number of ether oxygens (including phenoxy) is 1. The highest BCUT2D eigenvalue weighted by atomic mass is 79.9. The third-order valence-corrected chi connectivity index (χ3v) is 6.79. The summed E-state index contributed by atoms with van der Waals surface area (Å²) in [7, 11) is 1.31. The summed E-state index contributed by atoms with van der Waals surface area (Å²) in [6, 6.07) is 7.51. The van der Waals surface area contributed by atoms with E-state index < -0.39 is 12.1 Å². The fourth-order valence-electron chi connectivity index (χ4n) is 4.78. The van der Waals surface area contributed by atoms with E-state index in [2.05, 4.69) is 31.2 Å². The Kier molecular flexibility index (Phi) is 5.86. The Labute approximate surface area is 184 Å². The van der Waals surface area contributed by atoms with Crippen LogP contribution < -0.4 is 5.32 Å². The van der Waals surface area contributed by atoms with Crippen LogP contribution in [0.2, 0.25) is 0 Å². The van der Waals surface area contributed by atoms with Crippen LogP contribution in [0.4, 0.5) is 4.79 Å². The van der Waals surface area contributed by atoms with E-state index in [1.165, 1.54) is 7.11 Å². The number of amides is 2. The number of H-pyrrole nitrogens is 1. The first-order valence-corrected chi connectivity index (χ1v) is 11.2. The molecular formula is C22H27BrN4O3. The van der Waals surface area contributed by atoms with Crippen molar-refractivity contribution in [1.29, 1.82) is 0 Å². The molecule has 7 nitrogen and oxygen atoms in total. The molecule has 1 aromatic heterocycles. The summed E-state index contributed by atoms with van der Waals surface area (Å²) >= 11 is 3.46. The molecule has 1 saturated carbocycles. The Bertz CT molecular complexity index is 927. The Morgan fingerprint density at radius 3 is 2.67 bits per heavy atom. The summed E-state index contributed by atoms with van der Waals surface area (Å²) in [5.41, 5.74) is 1.98. The van der Waals surface area contributed by atoms with Gasteiger partial charge < -0.3 is 19.9 Å². The maximum absolute atomic E-state index is 13.5. The van der Waals surface area contributed by atoms with E-state index in [4.69, 9.17) is 4.74 Å². The molecule has 160 valence electrons. The average Bonchev–Trinajstić information content (AvgIpc) is 3.47. The molecule has 1 saturated heterocycles. The minimum absolute atomic E-state index is 0.0497. The summed E-state index contributed by atoms with van der Waals surface area (Å²) < 4.78 is 5.76.